The van der Waals surface area contributed by atoms with Gasteiger partial charge in [-0.2, -0.15) is 18.3 Å². The molecule has 1 unspecified atom stereocenters. The molecule has 1 aliphatic rings. The summed E-state index contributed by atoms with van der Waals surface area (Å²) in [6, 6.07) is 3.75. The van der Waals surface area contributed by atoms with E-state index in [0.717, 1.165) is 17.3 Å². The van der Waals surface area contributed by atoms with Gasteiger partial charge in [-0.3, -0.25) is 14.5 Å². The van der Waals surface area contributed by atoms with E-state index >= 15 is 0 Å². The monoisotopic (exact) mass is 489 g/mol. The van der Waals surface area contributed by atoms with Crippen LogP contribution in [0.5, 0.6) is 0 Å². The first-order chi connectivity index (χ1) is 16.6. The van der Waals surface area contributed by atoms with Crippen molar-refractivity contribution in [3.05, 3.63) is 59.3 Å². The highest BCUT2D eigenvalue weighted by Gasteiger charge is 2.36. The lowest BCUT2D eigenvalue weighted by Crippen LogP contribution is -2.52. The highest BCUT2D eigenvalue weighted by atomic mass is 19.4. The van der Waals surface area contributed by atoms with Crippen LogP contribution in [0.25, 0.3) is 0 Å². The maximum Gasteiger partial charge on any atom is 0.433 e. The molecule has 12 heteroatoms. The number of carbonyl (C=O) groups excluding carboxylic acids is 1. The lowest BCUT2D eigenvalue weighted by molar-refractivity contribution is -0.141. The Kier molecular flexibility index (Phi) is 6.66. The number of alkyl halides is 3. The van der Waals surface area contributed by atoms with Crippen molar-refractivity contribution < 1.29 is 22.7 Å². The van der Waals surface area contributed by atoms with Crippen molar-refractivity contribution in [1.82, 2.24) is 19.7 Å². The van der Waals surface area contributed by atoms with E-state index < -0.39 is 17.9 Å². The van der Waals surface area contributed by atoms with Gasteiger partial charge in [0.15, 0.2) is 0 Å². The molecule has 0 saturated carbocycles. The fourth-order valence-corrected chi connectivity index (χ4v) is 4.01. The zero-order valence-electron chi connectivity index (χ0n) is 19.7. The van der Waals surface area contributed by atoms with Crippen LogP contribution in [-0.4, -0.2) is 52.0 Å². The van der Waals surface area contributed by atoms with Gasteiger partial charge in [0, 0.05) is 44.7 Å². The van der Waals surface area contributed by atoms with Gasteiger partial charge in [-0.25, -0.2) is 4.98 Å². The Labute approximate surface area is 200 Å². The van der Waals surface area contributed by atoms with Gasteiger partial charge < -0.3 is 20.3 Å². The zero-order valence-corrected chi connectivity index (χ0v) is 19.7. The van der Waals surface area contributed by atoms with Crippen LogP contribution in [0, 0.1) is 6.92 Å². The molecule has 3 aromatic heterocycles. The first kappa shape index (κ1) is 24.5. The fraction of sp³-hybridized carbons (Fsp3) is 0.391. The number of aryl methyl sites for hydroxylation is 1. The molecule has 0 radical (unpaired) electrons. The Hall–Kier alpha value is -3.67. The fourth-order valence-electron chi connectivity index (χ4n) is 4.01. The summed E-state index contributed by atoms with van der Waals surface area (Å²) in [7, 11) is 3.42. The summed E-state index contributed by atoms with van der Waals surface area (Å²) in [6.07, 6.45) is -0.0782. The van der Waals surface area contributed by atoms with Crippen molar-refractivity contribution >= 4 is 23.1 Å². The predicted molar refractivity (Wildman–Crippen MR) is 124 cm³/mol. The third-order valence-corrected chi connectivity index (χ3v) is 5.93. The maximum atomic E-state index is 12.7. The molecule has 0 aromatic carbocycles. The van der Waals surface area contributed by atoms with Crippen LogP contribution in [0.3, 0.4) is 0 Å². The Morgan fingerprint density at radius 3 is 2.69 bits per heavy atom. The van der Waals surface area contributed by atoms with Crippen molar-refractivity contribution in [2.75, 3.05) is 29.7 Å². The minimum atomic E-state index is -4.46. The number of nitrogens with zero attached hydrogens (tertiary/aromatic N) is 5. The first-order valence-corrected chi connectivity index (χ1v) is 10.9. The highest BCUT2D eigenvalue weighted by Crippen LogP contribution is 2.36. The molecule has 2 atom stereocenters. The lowest BCUT2D eigenvalue weighted by Gasteiger charge is -2.38. The maximum absolute atomic E-state index is 12.7. The number of pyridine rings is 2. The van der Waals surface area contributed by atoms with Crippen molar-refractivity contribution in [2.24, 2.45) is 0 Å². The summed E-state index contributed by atoms with van der Waals surface area (Å²) in [5, 5.41) is 10.5. The quantitative estimate of drug-likeness (QED) is 0.525. The number of methoxy groups -OCH3 is 1. The van der Waals surface area contributed by atoms with Crippen LogP contribution in [0.4, 0.5) is 30.4 Å². The van der Waals surface area contributed by atoms with E-state index in [2.05, 4.69) is 25.7 Å². The van der Waals surface area contributed by atoms with Crippen LogP contribution in [0.1, 0.15) is 29.4 Å². The largest absolute Gasteiger partial charge is 0.433 e. The molecule has 0 fully saturated rings. The van der Waals surface area contributed by atoms with E-state index in [4.69, 9.17) is 4.74 Å². The topological polar surface area (TPSA) is 97.2 Å². The SMILES string of the molecule is CO[C@H](C)C1C(=O)Nc2c(cc(NCc3cnn(Cc4ccc(C(F)(F)F)nc4)c3)nc2C)N1C. The smallest absolute Gasteiger partial charge is 0.379 e. The van der Waals surface area contributed by atoms with E-state index in [1.165, 1.54) is 12.3 Å². The van der Waals surface area contributed by atoms with Crippen LogP contribution < -0.4 is 15.5 Å². The molecule has 3 aromatic rings. The number of carbonyl (C=O) groups is 1. The molecule has 4 heterocycles. The van der Waals surface area contributed by atoms with Gasteiger partial charge in [0.1, 0.15) is 17.6 Å². The van der Waals surface area contributed by atoms with E-state index in [1.54, 1.807) is 24.2 Å². The second-order valence-electron chi connectivity index (χ2n) is 8.42. The Balaban J connectivity index is 1.43. The molecule has 0 spiro atoms. The standard InChI is InChI=1S/C23H26F3N7O2/c1-13-20-17(32(3)21(14(2)35-4)22(34)31-20)7-19(30-13)28-9-16-10-29-33(12-16)11-15-5-6-18(27-8-15)23(24,25)26/h5-8,10,12,14,21H,9,11H2,1-4H3,(H,28,30)(H,31,34)/t14-,21?/m1/s1. The third kappa shape index (κ3) is 5.21. The molecule has 1 aliphatic heterocycles. The average Bonchev–Trinajstić information content (AvgIpc) is 3.25. The van der Waals surface area contributed by atoms with Gasteiger partial charge in [0.2, 0.25) is 5.91 Å². The van der Waals surface area contributed by atoms with Crippen molar-refractivity contribution in [3.8, 4) is 0 Å². The third-order valence-electron chi connectivity index (χ3n) is 5.93. The molecule has 0 aliphatic carbocycles. The van der Waals surface area contributed by atoms with Crippen LogP contribution in [0.15, 0.2) is 36.8 Å². The molecule has 2 N–H and O–H groups in total. The van der Waals surface area contributed by atoms with Crippen LogP contribution in [-0.2, 0) is 28.8 Å². The van der Waals surface area contributed by atoms with Gasteiger partial charge in [0.05, 0.1) is 35.9 Å². The number of fused-ring (bicyclic) bond motifs is 1. The second-order valence-corrected chi connectivity index (χ2v) is 8.42. The van der Waals surface area contributed by atoms with Crippen LogP contribution >= 0.6 is 0 Å². The number of halogens is 3. The number of amides is 1. The number of hydrogen-bond donors (Lipinski definition) is 2. The van der Waals surface area contributed by atoms with Gasteiger partial charge in [-0.15, -0.1) is 0 Å². The normalized spacial score (nSPS) is 16.6. The average molecular weight is 490 g/mol. The Morgan fingerprint density at radius 1 is 1.26 bits per heavy atom. The Morgan fingerprint density at radius 2 is 2.03 bits per heavy atom. The summed E-state index contributed by atoms with van der Waals surface area (Å²) in [6.45, 7) is 4.40. The number of nitrogens with one attached hydrogen (secondary N) is 2. The van der Waals surface area contributed by atoms with E-state index in [0.29, 0.717) is 35.9 Å². The lowest BCUT2D eigenvalue weighted by atomic mass is 10.0. The number of ether oxygens (including phenoxy) is 1. The van der Waals surface area contributed by atoms with Gasteiger partial charge in [0.25, 0.3) is 0 Å². The molecular formula is C23H26F3N7O2. The predicted octanol–water partition coefficient (Wildman–Crippen LogP) is 3.45. The summed E-state index contributed by atoms with van der Waals surface area (Å²) in [4.78, 5) is 22.5. The zero-order chi connectivity index (χ0) is 25.3. The number of anilines is 3. The summed E-state index contributed by atoms with van der Waals surface area (Å²) >= 11 is 0. The van der Waals surface area contributed by atoms with Gasteiger partial charge >= 0.3 is 6.18 Å². The molecular weight excluding hydrogens is 463 g/mol. The van der Waals surface area contributed by atoms with Crippen molar-refractivity contribution in [2.45, 2.75) is 45.3 Å². The number of aromatic nitrogens is 4. The Bertz CT molecular complexity index is 1210. The molecule has 1 amide bonds. The van der Waals surface area contributed by atoms with Crippen molar-refractivity contribution in [3.63, 3.8) is 0 Å². The molecule has 0 saturated heterocycles. The second kappa shape index (κ2) is 9.53. The number of likely N-dealkylation sites (N-methyl/N-ethyl adjacent to an activating group) is 1. The van der Waals surface area contributed by atoms with E-state index in [-0.39, 0.29) is 12.0 Å². The summed E-state index contributed by atoms with van der Waals surface area (Å²) < 4.78 is 45.1. The summed E-state index contributed by atoms with van der Waals surface area (Å²) in [5.74, 6) is 0.489. The summed E-state index contributed by atoms with van der Waals surface area (Å²) in [5.41, 5.74) is 2.73. The minimum Gasteiger partial charge on any atom is -0.379 e. The highest BCUT2D eigenvalue weighted by molar-refractivity contribution is 6.04. The van der Waals surface area contributed by atoms with Gasteiger partial charge in [-0.1, -0.05) is 6.07 Å². The van der Waals surface area contributed by atoms with E-state index in [9.17, 15) is 18.0 Å². The molecule has 0 bridgehead atoms. The molecule has 9 nitrogen and oxygen atoms in total. The number of rotatable bonds is 7. The van der Waals surface area contributed by atoms with Gasteiger partial charge in [-0.05, 0) is 25.5 Å². The van der Waals surface area contributed by atoms with E-state index in [1.807, 2.05) is 31.9 Å². The van der Waals surface area contributed by atoms with Crippen LogP contribution in [0.2, 0.25) is 0 Å². The first-order valence-electron chi connectivity index (χ1n) is 10.9. The minimum absolute atomic E-state index is 0.143. The molecule has 4 rings (SSSR count). The van der Waals surface area contributed by atoms with Crippen molar-refractivity contribution in [1.29, 1.82) is 0 Å². The molecule has 186 valence electrons. The number of hydrogen-bond acceptors (Lipinski definition) is 7. The molecule has 35 heavy (non-hydrogen) atoms.